The van der Waals surface area contributed by atoms with E-state index >= 15 is 0 Å². The molecule has 0 saturated heterocycles. The van der Waals surface area contributed by atoms with Gasteiger partial charge >= 0.3 is 0 Å². The Kier molecular flexibility index (Phi) is 4.53. The summed E-state index contributed by atoms with van der Waals surface area (Å²) in [5, 5.41) is 17.1. The smallest absolute Gasteiger partial charge is 0.213 e. The summed E-state index contributed by atoms with van der Waals surface area (Å²) >= 11 is 0. The van der Waals surface area contributed by atoms with E-state index in [9.17, 15) is 4.79 Å². The monoisotopic (exact) mass is 145 g/mol. The number of carbonyl (C=O) groups excluding carboxylic acids is 1. The van der Waals surface area contributed by atoms with Gasteiger partial charge in [-0.15, -0.1) is 0 Å². The fraction of sp³-hybridized carbons (Fsp3) is 0.500. The number of nitrogens with zero attached hydrogens (tertiary/aromatic N) is 1. The second-order valence-electron chi connectivity index (χ2n) is 1.82. The molecule has 0 aromatic heterocycles. The lowest BCUT2D eigenvalue weighted by Gasteiger charge is -2.14. The summed E-state index contributed by atoms with van der Waals surface area (Å²) < 4.78 is 0. The van der Waals surface area contributed by atoms with Crippen LogP contribution in [-0.4, -0.2) is 40.8 Å². The van der Waals surface area contributed by atoms with Gasteiger partial charge in [0.25, 0.3) is 0 Å². The predicted molar refractivity (Wildman–Crippen MR) is 36.1 cm³/mol. The zero-order chi connectivity index (χ0) is 7.98. The lowest BCUT2D eigenvalue weighted by Crippen LogP contribution is -2.29. The Morgan fingerprint density at radius 1 is 1.70 bits per heavy atom. The van der Waals surface area contributed by atoms with Crippen LogP contribution in [0.4, 0.5) is 0 Å². The third kappa shape index (κ3) is 3.21. The molecule has 4 heteroatoms. The fourth-order valence-corrected chi connectivity index (χ4v) is 0.462. The molecule has 2 N–H and O–H groups in total. The molecule has 0 heterocycles. The molecule has 4 nitrogen and oxygen atoms in total. The molecule has 0 saturated carbocycles. The average Bonchev–Trinajstić information content (AvgIpc) is 1.99. The lowest BCUT2D eigenvalue weighted by atomic mass is 10.3. The van der Waals surface area contributed by atoms with E-state index in [2.05, 4.69) is 6.58 Å². The van der Waals surface area contributed by atoms with Crippen molar-refractivity contribution in [3.05, 3.63) is 12.8 Å². The highest BCUT2D eigenvalue weighted by atomic mass is 16.3. The van der Waals surface area contributed by atoms with Gasteiger partial charge in [0.05, 0.1) is 19.3 Å². The maximum atomic E-state index is 10.0. The number of hydrogen-bond donors (Lipinski definition) is 2. The molecule has 0 aromatic rings. The van der Waals surface area contributed by atoms with Crippen molar-refractivity contribution in [3.63, 3.8) is 0 Å². The highest BCUT2D eigenvalue weighted by Gasteiger charge is 2.04. The molecule has 10 heavy (non-hydrogen) atoms. The van der Waals surface area contributed by atoms with Crippen molar-refractivity contribution in [3.8, 4) is 0 Å². The molecule has 0 radical (unpaired) electrons. The van der Waals surface area contributed by atoms with E-state index in [0.29, 0.717) is 6.41 Å². The van der Waals surface area contributed by atoms with E-state index in [-0.39, 0.29) is 13.2 Å². The van der Waals surface area contributed by atoms with Crippen molar-refractivity contribution in [1.82, 2.24) is 4.90 Å². The van der Waals surface area contributed by atoms with E-state index in [1.54, 1.807) is 0 Å². The van der Waals surface area contributed by atoms with Crippen LogP contribution >= 0.6 is 0 Å². The Bertz CT molecular complexity index is 108. The standard InChI is InChI=1S/C6H11NO3/c1-2-7(5-9)3-6(10)4-8/h2,5-6,8,10H,1,3-4H2. The van der Waals surface area contributed by atoms with Gasteiger partial charge in [-0.2, -0.15) is 0 Å². The minimum absolute atomic E-state index is 0.0868. The van der Waals surface area contributed by atoms with Crippen LogP contribution in [0.2, 0.25) is 0 Å². The van der Waals surface area contributed by atoms with Crippen molar-refractivity contribution < 1.29 is 15.0 Å². The zero-order valence-electron chi connectivity index (χ0n) is 5.60. The van der Waals surface area contributed by atoms with Crippen LogP contribution in [0.25, 0.3) is 0 Å². The molecule has 0 aliphatic rings. The van der Waals surface area contributed by atoms with Gasteiger partial charge in [0.2, 0.25) is 6.41 Å². The van der Waals surface area contributed by atoms with Gasteiger partial charge in [-0.1, -0.05) is 6.58 Å². The molecular weight excluding hydrogens is 134 g/mol. The van der Waals surface area contributed by atoms with Crippen molar-refractivity contribution in [1.29, 1.82) is 0 Å². The number of amides is 1. The SMILES string of the molecule is C=CN(C=O)CC(O)CO. The van der Waals surface area contributed by atoms with Gasteiger partial charge in [0, 0.05) is 0 Å². The largest absolute Gasteiger partial charge is 0.394 e. The molecular formula is C6H11NO3. The third-order valence-electron chi connectivity index (χ3n) is 1.00. The average molecular weight is 145 g/mol. The first kappa shape index (κ1) is 9.13. The second-order valence-corrected chi connectivity index (χ2v) is 1.82. The van der Waals surface area contributed by atoms with E-state index in [4.69, 9.17) is 10.2 Å². The summed E-state index contributed by atoms with van der Waals surface area (Å²) in [7, 11) is 0. The predicted octanol–water partition coefficient (Wildman–Crippen LogP) is -1.06. The summed E-state index contributed by atoms with van der Waals surface area (Å²) in [6, 6.07) is 0. The molecule has 0 spiro atoms. The molecule has 1 unspecified atom stereocenters. The Balaban J connectivity index is 3.61. The zero-order valence-corrected chi connectivity index (χ0v) is 5.60. The molecule has 0 aliphatic heterocycles. The van der Waals surface area contributed by atoms with Crippen LogP contribution in [0.5, 0.6) is 0 Å². The summed E-state index contributed by atoms with van der Waals surface area (Å²) in [5.74, 6) is 0. The molecule has 1 amide bonds. The first-order chi connectivity index (χ1) is 4.74. The first-order valence-corrected chi connectivity index (χ1v) is 2.87. The summed E-state index contributed by atoms with van der Waals surface area (Å²) in [4.78, 5) is 11.2. The van der Waals surface area contributed by atoms with Crippen LogP contribution in [0, 0.1) is 0 Å². The maximum absolute atomic E-state index is 10.0. The lowest BCUT2D eigenvalue weighted by molar-refractivity contribution is -0.117. The molecule has 0 aliphatic carbocycles. The van der Waals surface area contributed by atoms with Gasteiger partial charge < -0.3 is 15.1 Å². The molecule has 0 rings (SSSR count). The topological polar surface area (TPSA) is 60.8 Å². The molecule has 0 aromatic carbocycles. The van der Waals surface area contributed by atoms with Crippen LogP contribution < -0.4 is 0 Å². The Labute approximate surface area is 59.4 Å². The van der Waals surface area contributed by atoms with Gasteiger partial charge in [-0.05, 0) is 6.20 Å². The van der Waals surface area contributed by atoms with E-state index in [1.807, 2.05) is 0 Å². The van der Waals surface area contributed by atoms with E-state index in [0.717, 1.165) is 4.90 Å². The number of carbonyl (C=O) groups is 1. The molecule has 0 fully saturated rings. The van der Waals surface area contributed by atoms with E-state index in [1.165, 1.54) is 6.20 Å². The normalized spacial score (nSPS) is 12.2. The number of aliphatic hydroxyl groups is 2. The summed E-state index contributed by atoms with van der Waals surface area (Å²) in [6.45, 7) is 3.06. The second kappa shape index (κ2) is 4.96. The molecule has 58 valence electrons. The van der Waals surface area contributed by atoms with Crippen LogP contribution in [0.3, 0.4) is 0 Å². The van der Waals surface area contributed by atoms with Crippen LogP contribution in [0.15, 0.2) is 12.8 Å². The van der Waals surface area contributed by atoms with Gasteiger partial charge in [-0.3, -0.25) is 4.79 Å². The highest BCUT2D eigenvalue weighted by molar-refractivity contribution is 5.48. The van der Waals surface area contributed by atoms with Gasteiger partial charge in [0.15, 0.2) is 0 Å². The Morgan fingerprint density at radius 2 is 2.30 bits per heavy atom. The summed E-state index contributed by atoms with van der Waals surface area (Å²) in [5.41, 5.74) is 0. The van der Waals surface area contributed by atoms with E-state index < -0.39 is 6.10 Å². The minimum Gasteiger partial charge on any atom is -0.394 e. The number of rotatable bonds is 5. The third-order valence-corrected chi connectivity index (χ3v) is 1.00. The number of hydrogen-bond acceptors (Lipinski definition) is 3. The van der Waals surface area contributed by atoms with Crippen LogP contribution in [-0.2, 0) is 4.79 Å². The van der Waals surface area contributed by atoms with Crippen molar-refractivity contribution in [2.24, 2.45) is 0 Å². The first-order valence-electron chi connectivity index (χ1n) is 2.87. The Morgan fingerprint density at radius 3 is 2.60 bits per heavy atom. The van der Waals surface area contributed by atoms with Crippen molar-refractivity contribution in [2.75, 3.05) is 13.2 Å². The molecule has 0 bridgehead atoms. The minimum atomic E-state index is -0.886. The quantitative estimate of drug-likeness (QED) is 0.485. The van der Waals surface area contributed by atoms with Crippen LogP contribution in [0.1, 0.15) is 0 Å². The fourth-order valence-electron chi connectivity index (χ4n) is 0.462. The van der Waals surface area contributed by atoms with Crippen molar-refractivity contribution in [2.45, 2.75) is 6.10 Å². The maximum Gasteiger partial charge on any atom is 0.213 e. The van der Waals surface area contributed by atoms with Gasteiger partial charge in [0.1, 0.15) is 0 Å². The Hall–Kier alpha value is -0.870. The highest BCUT2D eigenvalue weighted by Crippen LogP contribution is 1.87. The number of aliphatic hydroxyl groups excluding tert-OH is 2. The van der Waals surface area contributed by atoms with Gasteiger partial charge in [-0.25, -0.2) is 0 Å². The summed E-state index contributed by atoms with van der Waals surface area (Å²) in [6.07, 6.45) is 0.931. The molecule has 1 atom stereocenters. The van der Waals surface area contributed by atoms with Crippen molar-refractivity contribution >= 4 is 6.41 Å².